The molecule has 0 amide bonds. The van der Waals surface area contributed by atoms with Gasteiger partial charge in [0, 0.05) is 36.7 Å². The van der Waals surface area contributed by atoms with Crippen molar-refractivity contribution in [3.63, 3.8) is 0 Å². The number of nitrogens with zero attached hydrogens (tertiary/aromatic N) is 3. The molecule has 24 heavy (non-hydrogen) atoms. The van der Waals surface area contributed by atoms with Crippen LogP contribution in [-0.4, -0.2) is 20.8 Å². The SMILES string of the molecule is Cc1nn(-c2cccc(F)c2)cc1CNC(C)Cc1ccncc1. The third-order valence-electron chi connectivity index (χ3n) is 4.01. The van der Waals surface area contributed by atoms with E-state index in [4.69, 9.17) is 0 Å². The van der Waals surface area contributed by atoms with Gasteiger partial charge in [0.05, 0.1) is 11.4 Å². The fourth-order valence-corrected chi connectivity index (χ4v) is 2.65. The second kappa shape index (κ2) is 7.36. The Morgan fingerprint density at radius 2 is 2.00 bits per heavy atom. The molecule has 0 bridgehead atoms. The van der Waals surface area contributed by atoms with Crippen LogP contribution in [0.15, 0.2) is 55.0 Å². The Balaban J connectivity index is 1.63. The lowest BCUT2D eigenvalue weighted by molar-refractivity contribution is 0.544. The lowest BCUT2D eigenvalue weighted by Gasteiger charge is -2.13. The first-order chi connectivity index (χ1) is 11.6. The summed E-state index contributed by atoms with van der Waals surface area (Å²) >= 11 is 0. The van der Waals surface area contributed by atoms with Crippen LogP contribution in [0.1, 0.15) is 23.7 Å². The lowest BCUT2D eigenvalue weighted by Crippen LogP contribution is -2.27. The fraction of sp³-hybridized carbons (Fsp3) is 0.263. The molecule has 4 nitrogen and oxygen atoms in total. The van der Waals surface area contributed by atoms with E-state index >= 15 is 0 Å². The molecule has 0 saturated heterocycles. The van der Waals surface area contributed by atoms with Gasteiger partial charge in [0.2, 0.25) is 0 Å². The second-order valence-corrected chi connectivity index (χ2v) is 6.01. The van der Waals surface area contributed by atoms with Crippen molar-refractivity contribution in [3.05, 3.63) is 77.6 Å². The minimum absolute atomic E-state index is 0.258. The van der Waals surface area contributed by atoms with Gasteiger partial charge in [-0.3, -0.25) is 4.98 Å². The monoisotopic (exact) mass is 324 g/mol. The van der Waals surface area contributed by atoms with Crippen molar-refractivity contribution in [3.8, 4) is 5.69 Å². The van der Waals surface area contributed by atoms with Crippen LogP contribution in [-0.2, 0) is 13.0 Å². The van der Waals surface area contributed by atoms with Crippen molar-refractivity contribution in [2.24, 2.45) is 0 Å². The Labute approximate surface area is 141 Å². The molecule has 0 aliphatic carbocycles. The highest BCUT2D eigenvalue weighted by molar-refractivity contribution is 5.33. The minimum Gasteiger partial charge on any atom is -0.310 e. The van der Waals surface area contributed by atoms with Gasteiger partial charge in [-0.2, -0.15) is 5.10 Å². The van der Waals surface area contributed by atoms with Crippen molar-refractivity contribution in [2.45, 2.75) is 32.9 Å². The van der Waals surface area contributed by atoms with Crippen LogP contribution < -0.4 is 5.32 Å². The lowest BCUT2D eigenvalue weighted by atomic mass is 10.1. The number of halogens is 1. The molecule has 1 atom stereocenters. The molecule has 0 aliphatic heterocycles. The number of pyridine rings is 1. The zero-order valence-corrected chi connectivity index (χ0v) is 13.9. The molecule has 5 heteroatoms. The number of aromatic nitrogens is 3. The Bertz CT molecular complexity index is 798. The Morgan fingerprint density at radius 1 is 1.21 bits per heavy atom. The van der Waals surface area contributed by atoms with Crippen LogP contribution in [0.4, 0.5) is 4.39 Å². The van der Waals surface area contributed by atoms with E-state index < -0.39 is 0 Å². The zero-order chi connectivity index (χ0) is 16.9. The number of nitrogens with one attached hydrogen (secondary N) is 1. The highest BCUT2D eigenvalue weighted by atomic mass is 19.1. The number of hydrogen-bond acceptors (Lipinski definition) is 3. The van der Waals surface area contributed by atoms with Crippen LogP contribution in [0.3, 0.4) is 0 Å². The molecule has 3 rings (SSSR count). The van der Waals surface area contributed by atoms with E-state index in [9.17, 15) is 4.39 Å². The van der Waals surface area contributed by atoms with Gasteiger partial charge < -0.3 is 5.32 Å². The number of rotatable bonds is 6. The van der Waals surface area contributed by atoms with Crippen LogP contribution in [0, 0.1) is 12.7 Å². The molecule has 1 aromatic carbocycles. The number of hydrogen-bond donors (Lipinski definition) is 1. The van der Waals surface area contributed by atoms with E-state index in [0.717, 1.165) is 29.9 Å². The zero-order valence-electron chi connectivity index (χ0n) is 13.9. The van der Waals surface area contributed by atoms with Crippen LogP contribution >= 0.6 is 0 Å². The average molecular weight is 324 g/mol. The summed E-state index contributed by atoms with van der Waals surface area (Å²) in [6, 6.07) is 10.9. The molecule has 0 spiro atoms. The van der Waals surface area contributed by atoms with Gasteiger partial charge in [-0.15, -0.1) is 0 Å². The summed E-state index contributed by atoms with van der Waals surface area (Å²) in [5.41, 5.74) is 4.05. The van der Waals surface area contributed by atoms with Crippen LogP contribution in [0.25, 0.3) is 5.69 Å². The van der Waals surface area contributed by atoms with Gasteiger partial charge in [0.1, 0.15) is 5.82 Å². The maximum absolute atomic E-state index is 13.4. The highest BCUT2D eigenvalue weighted by Crippen LogP contribution is 2.13. The largest absolute Gasteiger partial charge is 0.310 e. The molecule has 1 unspecified atom stereocenters. The van der Waals surface area contributed by atoms with Crippen molar-refractivity contribution >= 4 is 0 Å². The molecule has 1 N–H and O–H groups in total. The summed E-state index contributed by atoms with van der Waals surface area (Å²) < 4.78 is 15.1. The molecule has 124 valence electrons. The fourth-order valence-electron chi connectivity index (χ4n) is 2.65. The summed E-state index contributed by atoms with van der Waals surface area (Å²) in [5, 5.41) is 8.00. The molecule has 3 aromatic rings. The van der Waals surface area contributed by atoms with Crippen LogP contribution in [0.5, 0.6) is 0 Å². The average Bonchev–Trinajstić information content (AvgIpc) is 2.95. The van der Waals surface area contributed by atoms with Gasteiger partial charge in [-0.25, -0.2) is 9.07 Å². The van der Waals surface area contributed by atoms with Gasteiger partial charge >= 0.3 is 0 Å². The predicted octanol–water partition coefficient (Wildman–Crippen LogP) is 3.44. The molecule has 0 fully saturated rings. The van der Waals surface area contributed by atoms with E-state index in [1.165, 1.54) is 17.7 Å². The minimum atomic E-state index is -0.258. The van der Waals surface area contributed by atoms with Crippen molar-refractivity contribution in [1.29, 1.82) is 0 Å². The molecule has 0 radical (unpaired) electrons. The Morgan fingerprint density at radius 3 is 2.75 bits per heavy atom. The van der Waals surface area contributed by atoms with E-state index in [2.05, 4.69) is 22.3 Å². The smallest absolute Gasteiger partial charge is 0.125 e. The maximum atomic E-state index is 13.4. The van der Waals surface area contributed by atoms with Gasteiger partial charge in [-0.05, 0) is 56.2 Å². The van der Waals surface area contributed by atoms with Gasteiger partial charge in [0.25, 0.3) is 0 Å². The normalized spacial score (nSPS) is 12.3. The van der Waals surface area contributed by atoms with E-state index in [-0.39, 0.29) is 5.82 Å². The van der Waals surface area contributed by atoms with Crippen molar-refractivity contribution in [2.75, 3.05) is 0 Å². The standard InChI is InChI=1S/C19H21FN4/c1-14(10-16-6-8-21-9-7-16)22-12-17-13-24(23-15(17)2)19-5-3-4-18(20)11-19/h3-9,11,13-14,22H,10,12H2,1-2H3. The molecular formula is C19H21FN4. The summed E-state index contributed by atoms with van der Waals surface area (Å²) in [4.78, 5) is 4.04. The number of benzene rings is 1. The molecule has 2 heterocycles. The van der Waals surface area contributed by atoms with E-state index in [0.29, 0.717) is 6.04 Å². The third kappa shape index (κ3) is 4.06. The second-order valence-electron chi connectivity index (χ2n) is 6.01. The summed E-state index contributed by atoms with van der Waals surface area (Å²) in [6.45, 7) is 4.86. The summed E-state index contributed by atoms with van der Waals surface area (Å²) in [5.74, 6) is -0.258. The molecular weight excluding hydrogens is 303 g/mol. The molecule has 2 aromatic heterocycles. The van der Waals surface area contributed by atoms with Gasteiger partial charge in [0.15, 0.2) is 0 Å². The maximum Gasteiger partial charge on any atom is 0.125 e. The van der Waals surface area contributed by atoms with Gasteiger partial charge in [-0.1, -0.05) is 6.07 Å². The highest BCUT2D eigenvalue weighted by Gasteiger charge is 2.09. The van der Waals surface area contributed by atoms with Crippen molar-refractivity contribution < 1.29 is 4.39 Å². The van der Waals surface area contributed by atoms with E-state index in [1.54, 1.807) is 10.7 Å². The van der Waals surface area contributed by atoms with Crippen molar-refractivity contribution in [1.82, 2.24) is 20.1 Å². The molecule has 0 saturated carbocycles. The van der Waals surface area contributed by atoms with Crippen LogP contribution in [0.2, 0.25) is 0 Å². The first kappa shape index (κ1) is 16.3. The Kier molecular flexibility index (Phi) is 5.01. The third-order valence-corrected chi connectivity index (χ3v) is 4.01. The summed E-state index contributed by atoms with van der Waals surface area (Å²) in [7, 11) is 0. The Hall–Kier alpha value is -2.53. The first-order valence-electron chi connectivity index (χ1n) is 8.05. The molecule has 0 aliphatic rings. The van der Waals surface area contributed by atoms with E-state index in [1.807, 2.05) is 43.7 Å². The summed E-state index contributed by atoms with van der Waals surface area (Å²) in [6.07, 6.45) is 6.53. The first-order valence-corrected chi connectivity index (χ1v) is 8.05. The number of aryl methyl sites for hydroxylation is 1. The topological polar surface area (TPSA) is 42.7 Å². The predicted molar refractivity (Wildman–Crippen MR) is 92.5 cm³/mol. The quantitative estimate of drug-likeness (QED) is 0.755.